The first-order valence-corrected chi connectivity index (χ1v) is 16.0. The maximum Gasteiger partial charge on any atom is 0.601 e. The summed E-state index contributed by atoms with van der Waals surface area (Å²) in [5.74, 6) is -0.329. The van der Waals surface area contributed by atoms with E-state index in [0.717, 1.165) is 22.3 Å². The van der Waals surface area contributed by atoms with Gasteiger partial charge in [-0.2, -0.15) is 19.2 Å². The van der Waals surface area contributed by atoms with E-state index in [1.807, 2.05) is 48.5 Å². The molecular formula is C36H40N4O8+4. The summed E-state index contributed by atoms with van der Waals surface area (Å²) < 4.78 is 26.3. The van der Waals surface area contributed by atoms with Crippen LogP contribution in [0.5, 0.6) is 0 Å². The van der Waals surface area contributed by atoms with Crippen molar-refractivity contribution >= 4 is 24.4 Å². The molecule has 4 aromatic rings. The molecule has 0 amide bonds. The van der Waals surface area contributed by atoms with Gasteiger partial charge < -0.3 is 18.9 Å². The summed E-state index contributed by atoms with van der Waals surface area (Å²) in [6.45, 7) is 8.06. The molecule has 0 radical (unpaired) electrons. The Morgan fingerprint density at radius 3 is 0.708 bits per heavy atom. The van der Waals surface area contributed by atoms with Gasteiger partial charge in [0, 0.05) is 48.5 Å². The molecule has 0 aliphatic heterocycles. The highest BCUT2D eigenvalue weighted by Gasteiger charge is 2.53. The molecule has 1 saturated carbocycles. The lowest BCUT2D eigenvalue weighted by molar-refractivity contribution is -0.586. The van der Waals surface area contributed by atoms with Crippen LogP contribution in [0.15, 0.2) is 98.1 Å². The molecule has 12 heteroatoms. The number of nitrogens with zero attached hydrogens (tertiary/aromatic N) is 4. The van der Waals surface area contributed by atoms with Crippen LogP contribution < -0.4 is 18.3 Å². The van der Waals surface area contributed by atoms with Crippen LogP contribution in [0.4, 0.5) is 19.2 Å². The predicted octanol–water partition coefficient (Wildman–Crippen LogP) is 4.30. The monoisotopic (exact) mass is 656 g/mol. The Bertz CT molecular complexity index is 1470. The van der Waals surface area contributed by atoms with Crippen molar-refractivity contribution in [2.75, 3.05) is 26.4 Å². The first-order valence-electron chi connectivity index (χ1n) is 16.0. The minimum Gasteiger partial charge on any atom is -0.412 e. The van der Waals surface area contributed by atoms with Gasteiger partial charge in [0.2, 0.25) is 0 Å². The minimum atomic E-state index is -0.471. The third-order valence-electron chi connectivity index (χ3n) is 8.42. The summed E-state index contributed by atoms with van der Waals surface area (Å²) in [6, 6.07) is 15.3. The molecule has 1 aliphatic carbocycles. The van der Waals surface area contributed by atoms with E-state index in [4.69, 9.17) is 18.9 Å². The number of carbonyl (C=O) groups is 4. The van der Waals surface area contributed by atoms with Gasteiger partial charge in [-0.05, 0) is 73.6 Å². The molecule has 48 heavy (non-hydrogen) atoms. The SMILES string of the molecule is CCOC(=O)[n+]1ccc(C2C(c3cc[n+](C(=O)OCC)cc3)C(c3cc[n+](C(=O)OCC)cc3)C2c2cc[n+](C(=O)OCC)cc2)cc1. The molecule has 5 rings (SSSR count). The first kappa shape index (κ1) is 33.8. The molecule has 12 nitrogen and oxygen atoms in total. The number of carbonyl (C=O) groups excluding carboxylic acids is 4. The molecule has 4 aromatic heterocycles. The van der Waals surface area contributed by atoms with Gasteiger partial charge in [0.05, 0.1) is 26.4 Å². The number of aromatic nitrogens is 4. The van der Waals surface area contributed by atoms with Gasteiger partial charge in [-0.3, -0.25) is 0 Å². The van der Waals surface area contributed by atoms with Crippen LogP contribution in [-0.4, -0.2) is 50.8 Å². The summed E-state index contributed by atoms with van der Waals surface area (Å²) in [4.78, 5) is 49.7. The standard InChI is InChI=1S/C36H40N4O8/c1-5-45-33(41)37-17-9-25(10-18-37)29-30(26-11-19-38(20-12-26)34(42)46-6-2)32(28-15-23-40(24-16-28)36(44)48-8-4)31(29)27-13-21-39(22-14-27)35(43)47-7-3/h9-24,29-32H,5-8H2,1-4H3/q+4. The number of ether oxygens (including phenoxy) is 4. The molecule has 0 saturated heterocycles. The minimum absolute atomic E-state index is 0.0823. The molecule has 0 atom stereocenters. The van der Waals surface area contributed by atoms with Gasteiger partial charge in [0.15, 0.2) is 49.6 Å². The fourth-order valence-electron chi connectivity index (χ4n) is 6.33. The smallest absolute Gasteiger partial charge is 0.412 e. The van der Waals surface area contributed by atoms with Crippen LogP contribution in [0.25, 0.3) is 0 Å². The molecule has 0 N–H and O–H groups in total. The lowest BCUT2D eigenvalue weighted by atomic mass is 9.49. The van der Waals surface area contributed by atoms with Crippen molar-refractivity contribution in [3.05, 3.63) is 120 Å². The van der Waals surface area contributed by atoms with E-state index in [-0.39, 0.29) is 50.1 Å². The Morgan fingerprint density at radius 2 is 0.562 bits per heavy atom. The second-order valence-electron chi connectivity index (χ2n) is 11.1. The number of rotatable bonds is 8. The largest absolute Gasteiger partial charge is 0.601 e. The Hall–Kier alpha value is -5.52. The second-order valence-corrected chi connectivity index (χ2v) is 11.1. The summed E-state index contributed by atoms with van der Waals surface area (Å²) in [6.07, 6.45) is 11.7. The van der Waals surface area contributed by atoms with Crippen LogP contribution in [0.1, 0.15) is 73.6 Å². The lowest BCUT2D eigenvalue weighted by Gasteiger charge is -2.53. The van der Waals surface area contributed by atoms with E-state index in [2.05, 4.69) is 0 Å². The van der Waals surface area contributed by atoms with E-state index in [1.165, 1.54) is 18.3 Å². The summed E-state index contributed by atoms with van der Waals surface area (Å²) in [5.41, 5.74) is 3.96. The Morgan fingerprint density at radius 1 is 0.396 bits per heavy atom. The molecular weight excluding hydrogens is 616 g/mol. The highest BCUT2D eigenvalue weighted by atomic mass is 16.6. The Kier molecular flexibility index (Phi) is 10.8. The third kappa shape index (κ3) is 7.07. The molecule has 0 spiro atoms. The van der Waals surface area contributed by atoms with Crippen molar-refractivity contribution in [3.8, 4) is 0 Å². The quantitative estimate of drug-likeness (QED) is 0.203. The van der Waals surface area contributed by atoms with Gasteiger partial charge in [-0.15, -0.1) is 0 Å². The fourth-order valence-corrected chi connectivity index (χ4v) is 6.33. The summed E-state index contributed by atoms with van der Waals surface area (Å²) in [7, 11) is 0. The molecule has 4 heterocycles. The van der Waals surface area contributed by atoms with Gasteiger partial charge in [-0.1, -0.05) is 18.3 Å². The fraction of sp³-hybridized carbons (Fsp3) is 0.333. The zero-order valence-corrected chi connectivity index (χ0v) is 27.4. The molecule has 1 fully saturated rings. The topological polar surface area (TPSA) is 121 Å². The molecule has 248 valence electrons. The van der Waals surface area contributed by atoms with Crippen molar-refractivity contribution in [2.24, 2.45) is 0 Å². The number of hydrogen-bond donors (Lipinski definition) is 0. The highest BCUT2D eigenvalue weighted by molar-refractivity contribution is 5.58. The van der Waals surface area contributed by atoms with Crippen molar-refractivity contribution in [3.63, 3.8) is 0 Å². The molecule has 0 unspecified atom stereocenters. The number of hydrogen-bond acceptors (Lipinski definition) is 8. The average Bonchev–Trinajstić information content (AvgIpc) is 3.09. The predicted molar refractivity (Wildman–Crippen MR) is 167 cm³/mol. The maximum atomic E-state index is 12.4. The normalized spacial score (nSPS) is 18.2. The summed E-state index contributed by atoms with van der Waals surface area (Å²) in [5, 5.41) is 0. The van der Waals surface area contributed by atoms with Crippen LogP contribution in [0, 0.1) is 0 Å². The van der Waals surface area contributed by atoms with E-state index in [1.54, 1.807) is 77.3 Å². The van der Waals surface area contributed by atoms with Gasteiger partial charge in [0.25, 0.3) is 0 Å². The molecule has 0 bridgehead atoms. The van der Waals surface area contributed by atoms with Crippen molar-refractivity contribution in [2.45, 2.75) is 51.4 Å². The highest BCUT2D eigenvalue weighted by Crippen LogP contribution is 2.66. The second kappa shape index (κ2) is 15.4. The Labute approximate surface area is 278 Å². The van der Waals surface area contributed by atoms with E-state index in [0.29, 0.717) is 0 Å². The van der Waals surface area contributed by atoms with Crippen LogP contribution in [0.3, 0.4) is 0 Å². The van der Waals surface area contributed by atoms with Crippen molar-refractivity contribution in [1.29, 1.82) is 0 Å². The average molecular weight is 657 g/mol. The van der Waals surface area contributed by atoms with E-state index >= 15 is 0 Å². The molecule has 0 aromatic carbocycles. The van der Waals surface area contributed by atoms with Gasteiger partial charge in [0.1, 0.15) is 0 Å². The van der Waals surface area contributed by atoms with Crippen LogP contribution in [-0.2, 0) is 18.9 Å². The summed E-state index contributed by atoms with van der Waals surface area (Å²) >= 11 is 0. The van der Waals surface area contributed by atoms with Crippen LogP contribution in [0.2, 0.25) is 0 Å². The number of pyridine rings is 4. The van der Waals surface area contributed by atoms with Crippen LogP contribution >= 0.6 is 0 Å². The van der Waals surface area contributed by atoms with E-state index in [9.17, 15) is 19.2 Å². The zero-order valence-electron chi connectivity index (χ0n) is 27.4. The first-order chi connectivity index (χ1) is 23.3. The lowest BCUT2D eigenvalue weighted by Crippen LogP contribution is -2.46. The van der Waals surface area contributed by atoms with Gasteiger partial charge in [-0.25, -0.2) is 0 Å². The van der Waals surface area contributed by atoms with E-state index < -0.39 is 24.4 Å². The maximum absolute atomic E-state index is 12.4. The third-order valence-corrected chi connectivity index (χ3v) is 8.42. The molecule has 1 aliphatic rings. The van der Waals surface area contributed by atoms with Crippen molar-refractivity contribution in [1.82, 2.24) is 0 Å². The van der Waals surface area contributed by atoms with Crippen molar-refractivity contribution < 1.29 is 56.4 Å². The van der Waals surface area contributed by atoms with Gasteiger partial charge >= 0.3 is 24.4 Å². The Balaban J connectivity index is 1.62. The zero-order chi connectivity index (χ0) is 34.2.